The number of nitrogens with two attached hydrogens (primary N) is 1. The molecule has 0 saturated heterocycles. The average Bonchev–Trinajstić information content (AvgIpc) is 2.56. The van der Waals surface area contributed by atoms with Crippen molar-refractivity contribution in [1.82, 2.24) is 5.16 Å². The van der Waals surface area contributed by atoms with Gasteiger partial charge in [0.2, 0.25) is 0 Å². The van der Waals surface area contributed by atoms with Crippen LogP contribution in [0.5, 0.6) is 0 Å². The molecular formula is C9H14N2O3S. The van der Waals surface area contributed by atoms with Crippen molar-refractivity contribution in [3.63, 3.8) is 0 Å². The van der Waals surface area contributed by atoms with Crippen molar-refractivity contribution in [2.24, 2.45) is 5.73 Å². The molecule has 2 N–H and O–H groups in total. The van der Waals surface area contributed by atoms with E-state index in [9.17, 15) is 8.42 Å². The molecule has 1 aromatic rings. The Morgan fingerprint density at radius 1 is 1.47 bits per heavy atom. The lowest BCUT2D eigenvalue weighted by Crippen LogP contribution is -2.19. The van der Waals surface area contributed by atoms with Crippen LogP contribution in [0.15, 0.2) is 4.52 Å². The fourth-order valence-corrected chi connectivity index (χ4v) is 3.16. The molecule has 0 atom stereocenters. The van der Waals surface area contributed by atoms with Crippen LogP contribution in [0.2, 0.25) is 0 Å². The number of aryl methyl sites for hydroxylation is 2. The Morgan fingerprint density at radius 3 is 3.00 bits per heavy atom. The molecule has 0 radical (unpaired) electrons. The zero-order valence-electron chi connectivity index (χ0n) is 8.40. The van der Waals surface area contributed by atoms with Gasteiger partial charge >= 0.3 is 0 Å². The van der Waals surface area contributed by atoms with Gasteiger partial charge in [-0.05, 0) is 13.0 Å². The first kappa shape index (κ1) is 10.6. The Bertz CT molecular complexity index is 450. The summed E-state index contributed by atoms with van der Waals surface area (Å²) in [4.78, 5) is 0. The Hall–Kier alpha value is -0.880. The minimum absolute atomic E-state index is 0.0751. The lowest BCUT2D eigenvalue weighted by molar-refractivity contribution is 0.375. The summed E-state index contributed by atoms with van der Waals surface area (Å²) in [5.41, 5.74) is 6.97. The first-order valence-electron chi connectivity index (χ1n) is 4.99. The van der Waals surface area contributed by atoms with E-state index < -0.39 is 9.84 Å². The summed E-state index contributed by atoms with van der Waals surface area (Å²) < 4.78 is 28.0. The van der Waals surface area contributed by atoms with Crippen molar-refractivity contribution in [1.29, 1.82) is 0 Å². The van der Waals surface area contributed by atoms with Crippen molar-refractivity contribution >= 4 is 9.84 Å². The predicted octanol–water partition coefficient (Wildman–Crippen LogP) is 0.0368. The lowest BCUT2D eigenvalue weighted by atomic mass is 10.1. The molecule has 0 spiro atoms. The number of hydrogen-bond acceptors (Lipinski definition) is 5. The third-order valence-electron chi connectivity index (χ3n) is 2.57. The van der Waals surface area contributed by atoms with E-state index >= 15 is 0 Å². The summed E-state index contributed by atoms with van der Waals surface area (Å²) in [6.45, 7) is 0.572. The van der Waals surface area contributed by atoms with E-state index in [1.807, 2.05) is 0 Å². The van der Waals surface area contributed by atoms with E-state index in [2.05, 4.69) is 5.16 Å². The van der Waals surface area contributed by atoms with Gasteiger partial charge in [-0.3, -0.25) is 0 Å². The van der Waals surface area contributed by atoms with Crippen LogP contribution in [0.25, 0.3) is 0 Å². The van der Waals surface area contributed by atoms with Crippen LogP contribution in [0.1, 0.15) is 23.4 Å². The third kappa shape index (κ3) is 2.21. The standard InChI is InChI=1S/C9H14N2O3S/c10-4-1-2-9-7-6-15(12,13)5-3-8(7)11-14-9/h1-6,10H2. The van der Waals surface area contributed by atoms with Gasteiger partial charge in [0, 0.05) is 18.4 Å². The number of hydrogen-bond donors (Lipinski definition) is 1. The molecule has 0 unspecified atom stereocenters. The molecule has 15 heavy (non-hydrogen) atoms. The van der Waals surface area contributed by atoms with Gasteiger partial charge in [-0.2, -0.15) is 0 Å². The molecule has 0 saturated carbocycles. The van der Waals surface area contributed by atoms with Crippen molar-refractivity contribution in [3.8, 4) is 0 Å². The van der Waals surface area contributed by atoms with Crippen LogP contribution in [0.4, 0.5) is 0 Å². The predicted molar refractivity (Wildman–Crippen MR) is 55.1 cm³/mol. The molecule has 0 aromatic carbocycles. The average molecular weight is 230 g/mol. The fraction of sp³-hybridized carbons (Fsp3) is 0.667. The highest BCUT2D eigenvalue weighted by molar-refractivity contribution is 7.90. The van der Waals surface area contributed by atoms with Gasteiger partial charge in [-0.15, -0.1) is 0 Å². The number of nitrogens with zero attached hydrogens (tertiary/aromatic N) is 1. The van der Waals surface area contributed by atoms with E-state index in [1.165, 1.54) is 0 Å². The SMILES string of the molecule is NCCCc1onc2c1CS(=O)(=O)CC2. The van der Waals surface area contributed by atoms with E-state index in [1.54, 1.807) is 0 Å². The van der Waals surface area contributed by atoms with Crippen molar-refractivity contribution in [3.05, 3.63) is 17.0 Å². The molecule has 2 heterocycles. The molecular weight excluding hydrogens is 216 g/mol. The second-order valence-electron chi connectivity index (χ2n) is 3.77. The zero-order chi connectivity index (χ0) is 10.9. The molecule has 5 nitrogen and oxygen atoms in total. The van der Waals surface area contributed by atoms with Gasteiger partial charge in [0.05, 0.1) is 17.2 Å². The maximum Gasteiger partial charge on any atom is 0.155 e. The Labute approximate surface area is 88.5 Å². The minimum Gasteiger partial charge on any atom is -0.361 e. The van der Waals surface area contributed by atoms with Gasteiger partial charge in [0.15, 0.2) is 9.84 Å². The zero-order valence-corrected chi connectivity index (χ0v) is 9.22. The summed E-state index contributed by atoms with van der Waals surface area (Å²) in [6, 6.07) is 0. The first-order chi connectivity index (χ1) is 7.12. The van der Waals surface area contributed by atoms with Crippen molar-refractivity contribution < 1.29 is 12.9 Å². The van der Waals surface area contributed by atoms with Crippen LogP contribution in [0.3, 0.4) is 0 Å². The van der Waals surface area contributed by atoms with E-state index in [0.717, 1.165) is 17.7 Å². The molecule has 2 rings (SSSR count). The summed E-state index contributed by atoms with van der Waals surface area (Å²) in [7, 11) is -2.94. The summed E-state index contributed by atoms with van der Waals surface area (Å²) in [6.07, 6.45) is 1.94. The van der Waals surface area contributed by atoms with Gasteiger partial charge in [0.1, 0.15) is 5.76 Å². The number of aromatic nitrogens is 1. The largest absolute Gasteiger partial charge is 0.361 e. The van der Waals surface area contributed by atoms with Gasteiger partial charge in [0.25, 0.3) is 0 Å². The molecule has 0 bridgehead atoms. The van der Waals surface area contributed by atoms with Crippen LogP contribution in [0, 0.1) is 0 Å². The second kappa shape index (κ2) is 3.94. The highest BCUT2D eigenvalue weighted by Crippen LogP contribution is 2.24. The Balaban J connectivity index is 2.25. The molecule has 0 aliphatic carbocycles. The molecule has 0 fully saturated rings. The summed E-state index contributed by atoms with van der Waals surface area (Å²) in [5.74, 6) is 0.952. The van der Waals surface area contributed by atoms with Gasteiger partial charge < -0.3 is 10.3 Å². The number of rotatable bonds is 3. The number of sulfone groups is 1. The monoisotopic (exact) mass is 230 g/mol. The maximum atomic E-state index is 11.4. The van der Waals surface area contributed by atoms with Gasteiger partial charge in [-0.1, -0.05) is 5.16 Å². The normalized spacial score (nSPS) is 18.7. The molecule has 1 aliphatic heterocycles. The van der Waals surface area contributed by atoms with Crippen LogP contribution in [-0.2, 0) is 28.4 Å². The van der Waals surface area contributed by atoms with E-state index in [-0.39, 0.29) is 11.5 Å². The maximum absolute atomic E-state index is 11.4. The van der Waals surface area contributed by atoms with Crippen LogP contribution in [-0.4, -0.2) is 25.9 Å². The third-order valence-corrected chi connectivity index (χ3v) is 4.13. The topological polar surface area (TPSA) is 86.2 Å². The molecule has 0 amide bonds. The Kier molecular flexibility index (Phi) is 2.79. The first-order valence-corrected chi connectivity index (χ1v) is 6.81. The fourth-order valence-electron chi connectivity index (χ4n) is 1.75. The molecule has 1 aromatic heterocycles. The van der Waals surface area contributed by atoms with Crippen molar-refractivity contribution in [2.75, 3.05) is 12.3 Å². The van der Waals surface area contributed by atoms with Gasteiger partial charge in [-0.25, -0.2) is 8.42 Å². The Morgan fingerprint density at radius 2 is 2.27 bits per heavy atom. The van der Waals surface area contributed by atoms with E-state index in [0.29, 0.717) is 25.1 Å². The molecule has 1 aliphatic rings. The van der Waals surface area contributed by atoms with Crippen LogP contribution >= 0.6 is 0 Å². The summed E-state index contributed by atoms with van der Waals surface area (Å²) >= 11 is 0. The minimum atomic E-state index is -2.94. The molecule has 6 heteroatoms. The van der Waals surface area contributed by atoms with E-state index in [4.69, 9.17) is 10.3 Å². The second-order valence-corrected chi connectivity index (χ2v) is 5.95. The smallest absolute Gasteiger partial charge is 0.155 e. The highest BCUT2D eigenvalue weighted by atomic mass is 32.2. The quantitative estimate of drug-likeness (QED) is 0.792. The van der Waals surface area contributed by atoms with Crippen molar-refractivity contribution in [2.45, 2.75) is 25.0 Å². The lowest BCUT2D eigenvalue weighted by Gasteiger charge is -2.10. The van der Waals surface area contributed by atoms with Crippen LogP contribution < -0.4 is 5.73 Å². The number of fused-ring (bicyclic) bond motifs is 1. The molecule has 84 valence electrons. The summed E-state index contributed by atoms with van der Waals surface area (Å²) in [5, 5.41) is 3.89. The highest BCUT2D eigenvalue weighted by Gasteiger charge is 2.27.